The van der Waals surface area contributed by atoms with Crippen LogP contribution in [0.25, 0.3) is 11.4 Å². The molecule has 0 bridgehead atoms. The molecule has 0 fully saturated rings. The van der Waals surface area contributed by atoms with Crippen molar-refractivity contribution in [2.24, 2.45) is 0 Å². The summed E-state index contributed by atoms with van der Waals surface area (Å²) in [6.07, 6.45) is 1.42. The smallest absolute Gasteiger partial charge is 0.316 e. The highest BCUT2D eigenvalue weighted by Crippen LogP contribution is 2.35. The topological polar surface area (TPSA) is 116 Å². The molecule has 10 nitrogen and oxygen atoms in total. The molecule has 2 amide bonds. The van der Waals surface area contributed by atoms with Crippen LogP contribution in [-0.4, -0.2) is 55.9 Å². The fourth-order valence-electron chi connectivity index (χ4n) is 3.68. The first-order valence-corrected chi connectivity index (χ1v) is 10.9. The van der Waals surface area contributed by atoms with Crippen molar-refractivity contribution >= 4 is 17.5 Å². The molecule has 0 saturated carbocycles. The Bertz CT molecular complexity index is 1190. The van der Waals surface area contributed by atoms with Gasteiger partial charge in [-0.1, -0.05) is 18.1 Å². The Morgan fingerprint density at radius 1 is 1.15 bits per heavy atom. The number of nitrogens with one attached hydrogen (secondary N) is 1. The van der Waals surface area contributed by atoms with E-state index in [4.69, 9.17) is 18.7 Å². The molecule has 2 heterocycles. The lowest BCUT2D eigenvalue weighted by atomic mass is 10.1. The van der Waals surface area contributed by atoms with Crippen LogP contribution in [0.3, 0.4) is 0 Å². The molecule has 1 aliphatic rings. The van der Waals surface area contributed by atoms with E-state index in [-0.39, 0.29) is 24.2 Å². The Kier molecular flexibility index (Phi) is 6.95. The number of hydrogen-bond acceptors (Lipinski definition) is 8. The number of aromatic nitrogens is 2. The van der Waals surface area contributed by atoms with Gasteiger partial charge in [0.15, 0.2) is 18.1 Å². The van der Waals surface area contributed by atoms with E-state index < -0.39 is 5.91 Å². The number of carbonyl (C=O) groups excluding carboxylic acids is 2. The third-order valence-electron chi connectivity index (χ3n) is 5.38. The van der Waals surface area contributed by atoms with Gasteiger partial charge in [0.25, 0.3) is 5.91 Å². The average molecular weight is 466 g/mol. The molecular weight excluding hydrogens is 440 g/mol. The van der Waals surface area contributed by atoms with Crippen LogP contribution >= 0.6 is 0 Å². The maximum Gasteiger partial charge on any atom is 0.316 e. The molecule has 2 aromatic carbocycles. The summed E-state index contributed by atoms with van der Waals surface area (Å²) in [4.78, 5) is 30.5. The quantitative estimate of drug-likeness (QED) is 0.512. The SMILES string of the molecule is CCCN1C(=O)COc2cc(-c3noc(C(=O)NCCc4ccc(OC)c(OC)c4)n3)ccc21. The molecule has 1 aliphatic heterocycles. The minimum Gasteiger partial charge on any atom is -0.493 e. The Balaban J connectivity index is 1.39. The highest BCUT2D eigenvalue weighted by molar-refractivity contribution is 5.98. The van der Waals surface area contributed by atoms with Crippen molar-refractivity contribution in [3.05, 3.63) is 47.9 Å². The summed E-state index contributed by atoms with van der Waals surface area (Å²) in [6.45, 7) is 2.98. The van der Waals surface area contributed by atoms with Gasteiger partial charge in [-0.15, -0.1) is 0 Å². The summed E-state index contributed by atoms with van der Waals surface area (Å²) in [6, 6.07) is 10.9. The average Bonchev–Trinajstić information content (AvgIpc) is 3.36. The van der Waals surface area contributed by atoms with Crippen molar-refractivity contribution in [3.8, 4) is 28.6 Å². The van der Waals surface area contributed by atoms with Crippen molar-refractivity contribution in [1.82, 2.24) is 15.5 Å². The molecule has 0 spiro atoms. The van der Waals surface area contributed by atoms with E-state index in [9.17, 15) is 9.59 Å². The third-order valence-corrected chi connectivity index (χ3v) is 5.38. The summed E-state index contributed by atoms with van der Waals surface area (Å²) in [5, 5.41) is 6.70. The van der Waals surface area contributed by atoms with Gasteiger partial charge in [-0.05, 0) is 48.7 Å². The molecule has 0 atom stereocenters. The van der Waals surface area contributed by atoms with Crippen LogP contribution in [0.4, 0.5) is 5.69 Å². The van der Waals surface area contributed by atoms with Crippen LogP contribution < -0.4 is 24.4 Å². The second-order valence-corrected chi connectivity index (χ2v) is 7.63. The highest BCUT2D eigenvalue weighted by atomic mass is 16.5. The van der Waals surface area contributed by atoms with Crippen LogP contribution in [0.15, 0.2) is 40.9 Å². The van der Waals surface area contributed by atoms with Gasteiger partial charge in [-0.2, -0.15) is 4.98 Å². The predicted octanol–water partition coefficient (Wildman–Crippen LogP) is 2.86. The number of benzene rings is 2. The molecule has 3 aromatic rings. The van der Waals surface area contributed by atoms with Crippen LogP contribution in [0, 0.1) is 0 Å². The maximum absolute atomic E-state index is 12.5. The normalized spacial score (nSPS) is 12.7. The number of carbonyl (C=O) groups is 2. The Hall–Kier alpha value is -4.08. The van der Waals surface area contributed by atoms with E-state index in [0.717, 1.165) is 12.0 Å². The zero-order valence-electron chi connectivity index (χ0n) is 19.3. The molecule has 0 aliphatic carbocycles. The third kappa shape index (κ3) is 4.80. The fraction of sp³-hybridized carbons (Fsp3) is 0.333. The van der Waals surface area contributed by atoms with E-state index in [0.29, 0.717) is 48.0 Å². The first-order chi connectivity index (χ1) is 16.5. The van der Waals surface area contributed by atoms with Crippen molar-refractivity contribution in [3.63, 3.8) is 0 Å². The Morgan fingerprint density at radius 2 is 1.97 bits per heavy atom. The van der Waals surface area contributed by atoms with E-state index in [1.54, 1.807) is 37.3 Å². The zero-order valence-corrected chi connectivity index (χ0v) is 19.3. The number of methoxy groups -OCH3 is 2. The second-order valence-electron chi connectivity index (χ2n) is 7.63. The van der Waals surface area contributed by atoms with Crippen LogP contribution in [0.1, 0.15) is 29.6 Å². The number of nitrogens with zero attached hydrogens (tertiary/aromatic N) is 3. The highest BCUT2D eigenvalue weighted by Gasteiger charge is 2.26. The Morgan fingerprint density at radius 3 is 2.74 bits per heavy atom. The van der Waals surface area contributed by atoms with Gasteiger partial charge in [0.2, 0.25) is 5.82 Å². The van der Waals surface area contributed by atoms with Crippen molar-refractivity contribution < 1.29 is 28.3 Å². The van der Waals surface area contributed by atoms with Gasteiger partial charge in [-0.25, -0.2) is 0 Å². The second kappa shape index (κ2) is 10.2. The van der Waals surface area contributed by atoms with E-state index >= 15 is 0 Å². The van der Waals surface area contributed by atoms with E-state index in [2.05, 4.69) is 15.5 Å². The number of rotatable bonds is 9. The van der Waals surface area contributed by atoms with Gasteiger partial charge in [-0.3, -0.25) is 9.59 Å². The van der Waals surface area contributed by atoms with Gasteiger partial charge in [0.05, 0.1) is 19.9 Å². The summed E-state index contributed by atoms with van der Waals surface area (Å²) >= 11 is 0. The summed E-state index contributed by atoms with van der Waals surface area (Å²) < 4.78 is 21.3. The molecule has 178 valence electrons. The van der Waals surface area contributed by atoms with E-state index in [1.165, 1.54) is 0 Å². The van der Waals surface area contributed by atoms with Gasteiger partial charge < -0.3 is 29.0 Å². The Labute approximate surface area is 196 Å². The minimum atomic E-state index is -0.465. The fourth-order valence-corrected chi connectivity index (χ4v) is 3.68. The molecule has 0 unspecified atom stereocenters. The zero-order chi connectivity index (χ0) is 24.1. The largest absolute Gasteiger partial charge is 0.493 e. The minimum absolute atomic E-state index is 0.0174. The van der Waals surface area contributed by atoms with Gasteiger partial charge >= 0.3 is 11.8 Å². The lowest BCUT2D eigenvalue weighted by molar-refractivity contribution is -0.121. The maximum atomic E-state index is 12.5. The number of fused-ring (bicyclic) bond motifs is 1. The number of hydrogen-bond donors (Lipinski definition) is 1. The molecule has 1 aromatic heterocycles. The predicted molar refractivity (Wildman–Crippen MR) is 123 cm³/mol. The van der Waals surface area contributed by atoms with Gasteiger partial charge in [0, 0.05) is 18.7 Å². The van der Waals surface area contributed by atoms with Crippen molar-refractivity contribution in [1.29, 1.82) is 0 Å². The molecule has 10 heteroatoms. The summed E-state index contributed by atoms with van der Waals surface area (Å²) in [5.41, 5.74) is 2.31. The first kappa shape index (κ1) is 23.1. The van der Waals surface area contributed by atoms with Crippen molar-refractivity contribution in [2.75, 3.05) is 38.8 Å². The lowest BCUT2D eigenvalue weighted by Gasteiger charge is -2.29. The molecular formula is C24H26N4O6. The first-order valence-electron chi connectivity index (χ1n) is 10.9. The lowest BCUT2D eigenvalue weighted by Crippen LogP contribution is -2.39. The number of ether oxygens (including phenoxy) is 3. The standard InChI is InChI=1S/C24H26N4O6/c1-4-11-28-17-7-6-16(13-19(17)33-14-21(28)29)22-26-24(34-27-22)23(30)25-10-9-15-5-8-18(31-2)20(12-15)32-3/h5-8,12-13H,4,9-11,14H2,1-3H3,(H,25,30). The molecule has 1 N–H and O–H groups in total. The molecule has 0 radical (unpaired) electrons. The monoisotopic (exact) mass is 466 g/mol. The van der Waals surface area contributed by atoms with Crippen LogP contribution in [0.2, 0.25) is 0 Å². The summed E-state index contributed by atoms with van der Waals surface area (Å²) in [5.74, 6) is 1.42. The van der Waals surface area contributed by atoms with Crippen molar-refractivity contribution in [2.45, 2.75) is 19.8 Å². The molecule has 4 rings (SSSR count). The van der Waals surface area contributed by atoms with Gasteiger partial charge in [0.1, 0.15) is 5.75 Å². The van der Waals surface area contributed by atoms with Crippen LogP contribution in [0.5, 0.6) is 17.2 Å². The van der Waals surface area contributed by atoms with Crippen LogP contribution in [-0.2, 0) is 11.2 Å². The number of anilines is 1. The van der Waals surface area contributed by atoms with E-state index in [1.807, 2.05) is 25.1 Å². The molecule has 0 saturated heterocycles. The molecule has 34 heavy (non-hydrogen) atoms. The summed E-state index contributed by atoms with van der Waals surface area (Å²) in [7, 11) is 3.15. The number of amides is 2.